The molecule has 0 amide bonds. The van der Waals surface area contributed by atoms with Crippen LogP contribution in [0.3, 0.4) is 0 Å². The molecule has 1 aromatic rings. The van der Waals surface area contributed by atoms with Crippen LogP contribution < -0.4 is 10.6 Å². The van der Waals surface area contributed by atoms with Gasteiger partial charge in [0, 0.05) is 25.3 Å². The number of nitrogens with zero attached hydrogens (tertiary/aromatic N) is 2. The minimum Gasteiger partial charge on any atom is -0.377 e. The van der Waals surface area contributed by atoms with E-state index in [1.807, 2.05) is 0 Å². The zero-order valence-electron chi connectivity index (χ0n) is 9.15. The van der Waals surface area contributed by atoms with E-state index in [2.05, 4.69) is 15.6 Å². The third-order valence-electron chi connectivity index (χ3n) is 2.51. The van der Waals surface area contributed by atoms with E-state index in [0.29, 0.717) is 18.3 Å². The van der Waals surface area contributed by atoms with E-state index in [1.54, 1.807) is 0 Å². The van der Waals surface area contributed by atoms with Gasteiger partial charge in [-0.15, -0.1) is 0 Å². The van der Waals surface area contributed by atoms with Crippen molar-refractivity contribution in [1.82, 2.24) is 10.3 Å². The molecule has 0 aromatic carbocycles. The summed E-state index contributed by atoms with van der Waals surface area (Å²) in [5.74, 6) is 0. The van der Waals surface area contributed by atoms with Crippen LogP contribution in [0.25, 0.3) is 0 Å². The summed E-state index contributed by atoms with van der Waals surface area (Å²) >= 11 is 5.88. The number of aromatic nitrogens is 1. The number of nitro groups is 1. The zero-order valence-corrected chi connectivity index (χ0v) is 9.91. The van der Waals surface area contributed by atoms with Gasteiger partial charge in [0.2, 0.25) is 0 Å². The first kappa shape index (κ1) is 12.1. The number of anilines is 1. The Hall–Kier alpha value is -1.40. The SMILES string of the molecule is O=[N+]([O-])c1cncc(Cl)c1NCCNC1CC1. The van der Waals surface area contributed by atoms with Crippen molar-refractivity contribution in [3.63, 3.8) is 0 Å². The van der Waals surface area contributed by atoms with E-state index in [1.165, 1.54) is 25.2 Å². The first-order valence-corrected chi connectivity index (χ1v) is 5.81. The minimum absolute atomic E-state index is 0.0936. The molecular formula is C10H13ClN4O2. The summed E-state index contributed by atoms with van der Waals surface area (Å²) in [7, 11) is 0. The highest BCUT2D eigenvalue weighted by Gasteiger charge is 2.20. The number of pyridine rings is 1. The van der Waals surface area contributed by atoms with E-state index in [4.69, 9.17) is 11.6 Å². The quantitative estimate of drug-likeness (QED) is 0.461. The predicted molar refractivity (Wildman–Crippen MR) is 65.4 cm³/mol. The topological polar surface area (TPSA) is 80.1 Å². The van der Waals surface area contributed by atoms with E-state index in [9.17, 15) is 10.1 Å². The van der Waals surface area contributed by atoms with E-state index in [0.717, 1.165) is 6.54 Å². The monoisotopic (exact) mass is 256 g/mol. The van der Waals surface area contributed by atoms with Gasteiger partial charge in [0.15, 0.2) is 0 Å². The summed E-state index contributed by atoms with van der Waals surface area (Å²) in [6.45, 7) is 1.36. The third kappa shape index (κ3) is 3.28. The van der Waals surface area contributed by atoms with Gasteiger partial charge in [-0.2, -0.15) is 0 Å². The Morgan fingerprint density at radius 2 is 2.24 bits per heavy atom. The van der Waals surface area contributed by atoms with Gasteiger partial charge in [-0.1, -0.05) is 11.6 Å². The third-order valence-corrected chi connectivity index (χ3v) is 2.80. The second kappa shape index (κ2) is 5.29. The summed E-state index contributed by atoms with van der Waals surface area (Å²) in [6.07, 6.45) is 5.03. The van der Waals surface area contributed by atoms with Crippen LogP contribution in [0.1, 0.15) is 12.8 Å². The molecule has 0 atom stereocenters. The highest BCUT2D eigenvalue weighted by molar-refractivity contribution is 6.33. The summed E-state index contributed by atoms with van der Waals surface area (Å²) < 4.78 is 0. The Kier molecular flexibility index (Phi) is 3.75. The lowest BCUT2D eigenvalue weighted by Gasteiger charge is -2.08. The second-order valence-electron chi connectivity index (χ2n) is 3.93. The molecule has 7 heteroatoms. The van der Waals surface area contributed by atoms with Gasteiger partial charge in [0.05, 0.1) is 9.95 Å². The maximum atomic E-state index is 10.8. The Balaban J connectivity index is 1.94. The lowest BCUT2D eigenvalue weighted by molar-refractivity contribution is -0.384. The lowest BCUT2D eigenvalue weighted by Crippen LogP contribution is -2.24. The molecular weight excluding hydrogens is 244 g/mol. The molecule has 0 bridgehead atoms. The predicted octanol–water partition coefficient (Wildman–Crippen LogP) is 1.81. The fourth-order valence-electron chi connectivity index (χ4n) is 1.49. The summed E-state index contributed by atoms with van der Waals surface area (Å²) in [4.78, 5) is 14.0. The van der Waals surface area contributed by atoms with Gasteiger partial charge >= 0.3 is 5.69 Å². The van der Waals surface area contributed by atoms with E-state index >= 15 is 0 Å². The van der Waals surface area contributed by atoms with Gasteiger partial charge in [0.25, 0.3) is 0 Å². The molecule has 0 spiro atoms. The Morgan fingerprint density at radius 3 is 2.88 bits per heavy atom. The molecule has 1 aliphatic rings. The van der Waals surface area contributed by atoms with Crippen LogP contribution in [0.15, 0.2) is 12.4 Å². The lowest BCUT2D eigenvalue weighted by atomic mass is 10.3. The van der Waals surface area contributed by atoms with Crippen LogP contribution in [-0.4, -0.2) is 29.0 Å². The molecule has 0 radical (unpaired) electrons. The highest BCUT2D eigenvalue weighted by atomic mass is 35.5. The van der Waals surface area contributed by atoms with Gasteiger partial charge in [-0.25, -0.2) is 0 Å². The molecule has 1 heterocycles. The van der Waals surface area contributed by atoms with Gasteiger partial charge in [-0.05, 0) is 12.8 Å². The van der Waals surface area contributed by atoms with Crippen molar-refractivity contribution in [2.24, 2.45) is 0 Å². The van der Waals surface area contributed by atoms with Crippen LogP contribution in [0.2, 0.25) is 5.02 Å². The molecule has 1 aromatic heterocycles. The number of halogens is 1. The molecule has 2 N–H and O–H groups in total. The zero-order chi connectivity index (χ0) is 12.3. The minimum atomic E-state index is -0.491. The van der Waals surface area contributed by atoms with Gasteiger partial charge in [-0.3, -0.25) is 15.1 Å². The van der Waals surface area contributed by atoms with Crippen molar-refractivity contribution in [1.29, 1.82) is 0 Å². The molecule has 0 saturated heterocycles. The molecule has 17 heavy (non-hydrogen) atoms. The number of hydrogen-bond acceptors (Lipinski definition) is 5. The van der Waals surface area contributed by atoms with Crippen LogP contribution in [0, 0.1) is 10.1 Å². The van der Waals surface area contributed by atoms with E-state index < -0.39 is 4.92 Å². The average Bonchev–Trinajstić information content (AvgIpc) is 3.09. The van der Waals surface area contributed by atoms with Crippen molar-refractivity contribution < 1.29 is 4.92 Å². The van der Waals surface area contributed by atoms with Crippen molar-refractivity contribution in [3.8, 4) is 0 Å². The normalized spacial score (nSPS) is 14.6. The van der Waals surface area contributed by atoms with Crippen molar-refractivity contribution >= 4 is 23.0 Å². The highest BCUT2D eigenvalue weighted by Crippen LogP contribution is 2.30. The van der Waals surface area contributed by atoms with Gasteiger partial charge < -0.3 is 10.6 Å². The fourth-order valence-corrected chi connectivity index (χ4v) is 1.71. The Labute approximate surface area is 104 Å². The van der Waals surface area contributed by atoms with Crippen molar-refractivity contribution in [2.45, 2.75) is 18.9 Å². The molecule has 1 aliphatic carbocycles. The first-order chi connectivity index (χ1) is 8.18. The van der Waals surface area contributed by atoms with Crippen LogP contribution in [-0.2, 0) is 0 Å². The maximum absolute atomic E-state index is 10.8. The number of nitrogens with one attached hydrogen (secondary N) is 2. The second-order valence-corrected chi connectivity index (χ2v) is 4.33. The largest absolute Gasteiger partial charge is 0.377 e. The first-order valence-electron chi connectivity index (χ1n) is 5.43. The molecule has 6 nitrogen and oxygen atoms in total. The Bertz CT molecular complexity index is 423. The van der Waals surface area contributed by atoms with Crippen LogP contribution in [0.5, 0.6) is 0 Å². The standard InChI is InChI=1S/C10H13ClN4O2/c11-8-5-12-6-9(15(16)17)10(8)14-4-3-13-7-1-2-7/h5-7,13H,1-4H2,(H,12,14). The van der Waals surface area contributed by atoms with E-state index in [-0.39, 0.29) is 10.7 Å². The van der Waals surface area contributed by atoms with Crippen molar-refractivity contribution in [3.05, 3.63) is 27.5 Å². The molecule has 0 aliphatic heterocycles. The smallest absolute Gasteiger partial charge is 0.311 e. The number of rotatable bonds is 6. The van der Waals surface area contributed by atoms with Crippen LogP contribution >= 0.6 is 11.6 Å². The summed E-state index contributed by atoms with van der Waals surface area (Å²) in [6, 6.07) is 0.625. The van der Waals surface area contributed by atoms with Crippen molar-refractivity contribution in [2.75, 3.05) is 18.4 Å². The summed E-state index contributed by atoms with van der Waals surface area (Å²) in [5.41, 5.74) is 0.244. The van der Waals surface area contributed by atoms with Gasteiger partial charge in [0.1, 0.15) is 11.9 Å². The molecule has 1 saturated carbocycles. The maximum Gasteiger partial charge on any atom is 0.311 e. The average molecular weight is 257 g/mol. The molecule has 0 unspecified atom stereocenters. The molecule has 1 fully saturated rings. The van der Waals surface area contributed by atoms with Crippen LogP contribution in [0.4, 0.5) is 11.4 Å². The fraction of sp³-hybridized carbons (Fsp3) is 0.500. The number of hydrogen-bond donors (Lipinski definition) is 2. The Morgan fingerprint density at radius 1 is 1.47 bits per heavy atom. The molecule has 92 valence electrons. The summed E-state index contributed by atoms with van der Waals surface area (Å²) in [5, 5.41) is 17.3. The molecule has 2 rings (SSSR count).